The van der Waals surface area contributed by atoms with Crippen LogP contribution in [0.15, 0.2) is 18.2 Å². The summed E-state index contributed by atoms with van der Waals surface area (Å²) in [7, 11) is 0. The minimum absolute atomic E-state index is 0.569. The van der Waals surface area contributed by atoms with Crippen LogP contribution in [0.3, 0.4) is 0 Å². The summed E-state index contributed by atoms with van der Waals surface area (Å²) in [6.07, 6.45) is 4.88. The molecule has 1 unspecified atom stereocenters. The molecule has 90 valence electrons. The summed E-state index contributed by atoms with van der Waals surface area (Å²) in [5.74, 6) is 0. The van der Waals surface area contributed by atoms with E-state index >= 15 is 0 Å². The summed E-state index contributed by atoms with van der Waals surface area (Å²) in [5.41, 5.74) is 8.34. The fourth-order valence-electron chi connectivity index (χ4n) is 2.64. The Balaban J connectivity index is 2.35. The molecule has 1 aromatic rings. The second-order valence-electron chi connectivity index (χ2n) is 4.60. The molecule has 0 spiro atoms. The molecule has 3 nitrogen and oxygen atoms in total. The van der Waals surface area contributed by atoms with Gasteiger partial charge in [-0.3, -0.25) is 0 Å². The van der Waals surface area contributed by atoms with Crippen LogP contribution in [0.5, 0.6) is 0 Å². The third-order valence-electron chi connectivity index (χ3n) is 3.61. The molecule has 0 aromatic heterocycles. The first-order valence-electron chi connectivity index (χ1n) is 6.33. The fraction of sp³-hybridized carbons (Fsp3) is 0.500. The molecule has 0 radical (unpaired) electrons. The Morgan fingerprint density at radius 1 is 1.47 bits per heavy atom. The molecule has 1 aliphatic heterocycles. The molecule has 0 bridgehead atoms. The molecule has 0 saturated carbocycles. The van der Waals surface area contributed by atoms with E-state index in [9.17, 15) is 0 Å². The Hall–Kier alpha value is -1.69. The molecule has 1 aromatic carbocycles. The molecule has 1 aliphatic rings. The Labute approximate surface area is 103 Å². The van der Waals surface area contributed by atoms with Gasteiger partial charge in [0, 0.05) is 12.6 Å². The van der Waals surface area contributed by atoms with Crippen molar-refractivity contribution in [1.29, 1.82) is 5.26 Å². The Morgan fingerprint density at radius 3 is 3.00 bits per heavy atom. The highest BCUT2D eigenvalue weighted by Crippen LogP contribution is 2.32. The molecule has 1 atom stereocenters. The SMILES string of the molecule is CCC1CCCCN1c1cccc(C#N)c1N. The van der Waals surface area contributed by atoms with Crippen molar-refractivity contribution < 1.29 is 0 Å². The highest BCUT2D eigenvalue weighted by molar-refractivity contribution is 5.74. The van der Waals surface area contributed by atoms with Crippen LogP contribution in [0.1, 0.15) is 38.2 Å². The largest absolute Gasteiger partial charge is 0.396 e. The molecule has 0 aliphatic carbocycles. The number of hydrogen-bond donors (Lipinski definition) is 1. The minimum atomic E-state index is 0.569. The van der Waals surface area contributed by atoms with E-state index in [1.165, 1.54) is 19.3 Å². The first kappa shape index (κ1) is 11.8. The number of nitriles is 1. The molecule has 3 heteroatoms. The van der Waals surface area contributed by atoms with Gasteiger partial charge in [-0.2, -0.15) is 5.26 Å². The average molecular weight is 229 g/mol. The summed E-state index contributed by atoms with van der Waals surface area (Å²) in [6, 6.07) is 8.46. The van der Waals surface area contributed by atoms with Crippen LogP contribution in [0.25, 0.3) is 0 Å². The van der Waals surface area contributed by atoms with Crippen molar-refractivity contribution in [2.75, 3.05) is 17.2 Å². The third kappa shape index (κ3) is 2.21. The predicted octanol–water partition coefficient (Wildman–Crippen LogP) is 2.91. The van der Waals surface area contributed by atoms with Gasteiger partial charge in [0.15, 0.2) is 0 Å². The van der Waals surface area contributed by atoms with Gasteiger partial charge in [0.05, 0.1) is 16.9 Å². The number of hydrogen-bond acceptors (Lipinski definition) is 3. The molecule has 2 rings (SSSR count). The van der Waals surface area contributed by atoms with Gasteiger partial charge in [-0.05, 0) is 37.8 Å². The zero-order valence-corrected chi connectivity index (χ0v) is 10.3. The van der Waals surface area contributed by atoms with Crippen LogP contribution in [0.4, 0.5) is 11.4 Å². The summed E-state index contributed by atoms with van der Waals surface area (Å²) >= 11 is 0. The second-order valence-corrected chi connectivity index (χ2v) is 4.60. The summed E-state index contributed by atoms with van der Waals surface area (Å²) < 4.78 is 0. The normalized spacial score (nSPS) is 20.0. The van der Waals surface area contributed by atoms with Crippen LogP contribution < -0.4 is 10.6 Å². The standard InChI is InChI=1S/C14H19N3/c1-2-12-7-3-4-9-17(12)13-8-5-6-11(10-15)14(13)16/h5-6,8,12H,2-4,7,9,16H2,1H3. The number of nitrogens with zero attached hydrogens (tertiary/aromatic N) is 2. The van der Waals surface area contributed by atoms with Crippen molar-refractivity contribution in [2.24, 2.45) is 0 Å². The van der Waals surface area contributed by atoms with E-state index in [0.29, 0.717) is 17.3 Å². The van der Waals surface area contributed by atoms with E-state index in [4.69, 9.17) is 11.0 Å². The third-order valence-corrected chi connectivity index (χ3v) is 3.61. The van der Waals surface area contributed by atoms with Gasteiger partial charge >= 0.3 is 0 Å². The average Bonchev–Trinajstić information content (AvgIpc) is 2.39. The quantitative estimate of drug-likeness (QED) is 0.793. The monoisotopic (exact) mass is 229 g/mol. The van der Waals surface area contributed by atoms with E-state index in [0.717, 1.165) is 18.7 Å². The van der Waals surface area contributed by atoms with Crippen molar-refractivity contribution >= 4 is 11.4 Å². The van der Waals surface area contributed by atoms with Crippen LogP contribution in [-0.2, 0) is 0 Å². The highest BCUT2D eigenvalue weighted by atomic mass is 15.2. The van der Waals surface area contributed by atoms with E-state index in [-0.39, 0.29) is 0 Å². The predicted molar refractivity (Wildman–Crippen MR) is 70.8 cm³/mol. The molecule has 0 amide bonds. The van der Waals surface area contributed by atoms with Crippen LogP contribution >= 0.6 is 0 Å². The zero-order chi connectivity index (χ0) is 12.3. The molecular formula is C14H19N3. The lowest BCUT2D eigenvalue weighted by atomic mass is 9.98. The van der Waals surface area contributed by atoms with E-state index < -0.39 is 0 Å². The van der Waals surface area contributed by atoms with Gasteiger partial charge in [0.1, 0.15) is 6.07 Å². The van der Waals surface area contributed by atoms with Gasteiger partial charge in [-0.25, -0.2) is 0 Å². The molecule has 17 heavy (non-hydrogen) atoms. The number of piperidine rings is 1. The van der Waals surface area contributed by atoms with E-state index in [1.807, 2.05) is 12.1 Å². The van der Waals surface area contributed by atoms with Crippen molar-refractivity contribution in [2.45, 2.75) is 38.6 Å². The maximum absolute atomic E-state index is 9.02. The van der Waals surface area contributed by atoms with Crippen molar-refractivity contribution in [3.05, 3.63) is 23.8 Å². The van der Waals surface area contributed by atoms with Crippen molar-refractivity contribution in [3.63, 3.8) is 0 Å². The number of anilines is 2. The molecular weight excluding hydrogens is 210 g/mol. The van der Waals surface area contributed by atoms with Gasteiger partial charge in [-0.1, -0.05) is 13.0 Å². The number of nitrogen functional groups attached to an aromatic ring is 1. The van der Waals surface area contributed by atoms with Gasteiger partial charge in [0.25, 0.3) is 0 Å². The lowest BCUT2D eigenvalue weighted by Crippen LogP contribution is -2.39. The van der Waals surface area contributed by atoms with Crippen LogP contribution in [0.2, 0.25) is 0 Å². The molecule has 1 saturated heterocycles. The summed E-state index contributed by atoms with van der Waals surface area (Å²) in [4.78, 5) is 2.37. The minimum Gasteiger partial charge on any atom is -0.396 e. The molecule has 1 heterocycles. The Morgan fingerprint density at radius 2 is 2.29 bits per heavy atom. The maximum atomic E-state index is 9.02. The van der Waals surface area contributed by atoms with Gasteiger partial charge in [-0.15, -0.1) is 0 Å². The fourth-order valence-corrected chi connectivity index (χ4v) is 2.64. The lowest BCUT2D eigenvalue weighted by Gasteiger charge is -2.37. The maximum Gasteiger partial charge on any atom is 0.101 e. The molecule has 1 fully saturated rings. The lowest BCUT2D eigenvalue weighted by molar-refractivity contribution is 0.450. The first-order chi connectivity index (χ1) is 8.27. The van der Waals surface area contributed by atoms with E-state index in [2.05, 4.69) is 17.9 Å². The summed E-state index contributed by atoms with van der Waals surface area (Å²) in [5, 5.41) is 9.02. The van der Waals surface area contributed by atoms with E-state index in [1.54, 1.807) is 6.07 Å². The zero-order valence-electron chi connectivity index (χ0n) is 10.3. The van der Waals surface area contributed by atoms with Gasteiger partial charge in [0.2, 0.25) is 0 Å². The Bertz CT molecular complexity index is 434. The number of rotatable bonds is 2. The van der Waals surface area contributed by atoms with Gasteiger partial charge < -0.3 is 10.6 Å². The Kier molecular flexibility index (Phi) is 3.53. The molecule has 2 N–H and O–H groups in total. The first-order valence-corrected chi connectivity index (χ1v) is 6.33. The van der Waals surface area contributed by atoms with Crippen molar-refractivity contribution in [3.8, 4) is 6.07 Å². The number of nitrogens with two attached hydrogens (primary N) is 1. The summed E-state index contributed by atoms with van der Waals surface area (Å²) in [6.45, 7) is 3.27. The van der Waals surface area contributed by atoms with Crippen LogP contribution in [0, 0.1) is 11.3 Å². The topological polar surface area (TPSA) is 53.0 Å². The number of para-hydroxylation sites is 1. The number of benzene rings is 1. The smallest absolute Gasteiger partial charge is 0.101 e. The second kappa shape index (κ2) is 5.09. The van der Waals surface area contributed by atoms with Crippen molar-refractivity contribution in [1.82, 2.24) is 0 Å². The highest BCUT2D eigenvalue weighted by Gasteiger charge is 2.23. The van der Waals surface area contributed by atoms with Crippen LogP contribution in [-0.4, -0.2) is 12.6 Å².